The van der Waals surface area contributed by atoms with Crippen molar-refractivity contribution >= 4 is 35.0 Å². The second-order valence-electron chi connectivity index (χ2n) is 8.71. The van der Waals surface area contributed by atoms with Gasteiger partial charge in [-0.3, -0.25) is 24.6 Å². The van der Waals surface area contributed by atoms with Crippen molar-refractivity contribution in [2.45, 2.75) is 38.1 Å². The van der Waals surface area contributed by atoms with E-state index in [4.69, 9.17) is 11.6 Å². The van der Waals surface area contributed by atoms with Gasteiger partial charge in [0, 0.05) is 22.3 Å². The quantitative estimate of drug-likeness (QED) is 0.613. The Morgan fingerprint density at radius 3 is 2.53 bits per heavy atom. The van der Waals surface area contributed by atoms with Crippen molar-refractivity contribution in [1.82, 2.24) is 10.2 Å². The molecule has 5 rings (SSSR count). The molecule has 7 nitrogen and oxygen atoms in total. The maximum absolute atomic E-state index is 13.6. The van der Waals surface area contributed by atoms with E-state index in [1.165, 1.54) is 31.2 Å². The molecule has 3 aliphatic heterocycles. The van der Waals surface area contributed by atoms with E-state index in [9.17, 15) is 23.9 Å². The van der Waals surface area contributed by atoms with E-state index >= 15 is 0 Å². The first kappa shape index (κ1) is 21.1. The van der Waals surface area contributed by atoms with Crippen LogP contribution in [0.2, 0.25) is 5.02 Å². The minimum atomic E-state index is -1.53. The molecule has 0 radical (unpaired) electrons. The first-order chi connectivity index (χ1) is 15.1. The number of rotatable bonds is 3. The third-order valence-corrected chi connectivity index (χ3v) is 7.00. The third kappa shape index (κ3) is 2.76. The van der Waals surface area contributed by atoms with E-state index in [1.54, 1.807) is 19.1 Å². The number of hydrogen-bond acceptors (Lipinski definition) is 5. The molecule has 3 amide bonds. The number of aliphatic hydroxyl groups is 1. The van der Waals surface area contributed by atoms with Gasteiger partial charge in [0.15, 0.2) is 0 Å². The Bertz CT molecular complexity index is 1170. The van der Waals surface area contributed by atoms with Crippen LogP contribution in [-0.2, 0) is 26.5 Å². The number of halogens is 2. The fourth-order valence-corrected chi connectivity index (χ4v) is 5.64. The van der Waals surface area contributed by atoms with Gasteiger partial charge in [-0.1, -0.05) is 23.7 Å². The smallest absolute Gasteiger partial charge is 0.250 e. The van der Waals surface area contributed by atoms with Crippen LogP contribution in [-0.4, -0.2) is 39.9 Å². The molecule has 9 heteroatoms. The lowest BCUT2D eigenvalue weighted by Crippen LogP contribution is -2.54. The zero-order valence-electron chi connectivity index (χ0n) is 17.4. The van der Waals surface area contributed by atoms with Gasteiger partial charge in [-0.15, -0.1) is 0 Å². The van der Waals surface area contributed by atoms with Crippen molar-refractivity contribution in [2.75, 3.05) is 5.32 Å². The zero-order valence-corrected chi connectivity index (χ0v) is 18.1. The molecule has 166 valence electrons. The number of carbonyl (C=O) groups is 3. The first-order valence-corrected chi connectivity index (χ1v) is 10.7. The number of nitrogens with zero attached hydrogens (tertiary/aromatic N) is 1. The van der Waals surface area contributed by atoms with Gasteiger partial charge in [-0.2, -0.15) is 0 Å². The van der Waals surface area contributed by atoms with Gasteiger partial charge < -0.3 is 10.4 Å². The summed E-state index contributed by atoms with van der Waals surface area (Å²) in [7, 11) is 0. The van der Waals surface area contributed by atoms with Crippen LogP contribution < -0.4 is 10.6 Å². The monoisotopic (exact) mass is 457 g/mol. The summed E-state index contributed by atoms with van der Waals surface area (Å²) >= 11 is 6.28. The summed E-state index contributed by atoms with van der Waals surface area (Å²) in [6.45, 7) is 3.27. The first-order valence-electron chi connectivity index (χ1n) is 10.3. The van der Waals surface area contributed by atoms with Gasteiger partial charge in [0.05, 0.1) is 24.5 Å². The third-order valence-electron chi connectivity index (χ3n) is 6.79. The summed E-state index contributed by atoms with van der Waals surface area (Å²) < 4.78 is 13.3. The molecule has 2 fully saturated rings. The number of carbonyl (C=O) groups excluding carboxylic acids is 3. The normalized spacial score (nSPS) is 29.5. The van der Waals surface area contributed by atoms with E-state index < -0.39 is 53.1 Å². The van der Waals surface area contributed by atoms with Crippen molar-refractivity contribution in [3.8, 4) is 0 Å². The topological polar surface area (TPSA) is 98.7 Å². The standard InChI is InChI=1S/C23H21ClFN3O4/c1-10-7-13(24)8-15-18(10)26-22(32)23(15)17-16(19(27-23)11(2)29)20(30)28(21(17)31)9-12-3-5-14(25)6-4-12/h3-8,11,16-17,19,27,29H,9H2,1-2H3,(H,26,32). The predicted molar refractivity (Wildman–Crippen MR) is 114 cm³/mol. The number of amides is 3. The lowest BCUT2D eigenvalue weighted by atomic mass is 9.76. The molecule has 3 heterocycles. The summed E-state index contributed by atoms with van der Waals surface area (Å²) in [5, 5.41) is 16.8. The van der Waals surface area contributed by atoms with E-state index in [-0.39, 0.29) is 6.54 Å². The number of aliphatic hydroxyl groups excluding tert-OH is 1. The van der Waals surface area contributed by atoms with Crippen LogP contribution in [0.3, 0.4) is 0 Å². The predicted octanol–water partition coefficient (Wildman–Crippen LogP) is 2.09. The molecule has 0 aromatic heterocycles. The largest absolute Gasteiger partial charge is 0.392 e. The molecule has 3 N–H and O–H groups in total. The molecule has 0 saturated carbocycles. The van der Waals surface area contributed by atoms with Gasteiger partial charge in [0.2, 0.25) is 17.7 Å². The van der Waals surface area contributed by atoms with Gasteiger partial charge >= 0.3 is 0 Å². The SMILES string of the molecule is Cc1cc(Cl)cc2c1NC(=O)C21NC(C(C)O)C2C(=O)N(Cc3ccc(F)cc3)C(=O)C21. The number of benzene rings is 2. The maximum atomic E-state index is 13.6. The number of likely N-dealkylation sites (tertiary alicyclic amines) is 1. The van der Waals surface area contributed by atoms with Crippen LogP contribution in [0.1, 0.15) is 23.6 Å². The van der Waals surface area contributed by atoms with E-state index in [0.29, 0.717) is 21.8 Å². The average molecular weight is 458 g/mol. The van der Waals surface area contributed by atoms with Gasteiger partial charge in [-0.25, -0.2) is 4.39 Å². The average Bonchev–Trinajstić information content (AvgIpc) is 3.32. The molecular formula is C23H21ClFN3O4. The van der Waals surface area contributed by atoms with Gasteiger partial charge in [-0.05, 0) is 49.2 Å². The number of nitrogens with one attached hydrogen (secondary N) is 2. The van der Waals surface area contributed by atoms with Crippen molar-refractivity contribution in [1.29, 1.82) is 0 Å². The minimum absolute atomic E-state index is 0.0450. The molecule has 0 bridgehead atoms. The molecule has 1 spiro atoms. The Hall–Kier alpha value is -2.81. The fraction of sp³-hybridized carbons (Fsp3) is 0.348. The van der Waals surface area contributed by atoms with E-state index in [2.05, 4.69) is 10.6 Å². The van der Waals surface area contributed by atoms with Crippen LogP contribution >= 0.6 is 11.6 Å². The van der Waals surface area contributed by atoms with Crippen LogP contribution in [0.4, 0.5) is 10.1 Å². The number of hydrogen-bond donors (Lipinski definition) is 3. The molecule has 0 aliphatic carbocycles. The molecule has 5 unspecified atom stereocenters. The lowest BCUT2D eigenvalue weighted by Gasteiger charge is -2.30. The molecule has 5 atom stereocenters. The fourth-order valence-electron chi connectivity index (χ4n) is 5.37. The van der Waals surface area contributed by atoms with Crippen molar-refractivity contribution in [2.24, 2.45) is 11.8 Å². The Labute approximate surface area is 188 Å². The Morgan fingerprint density at radius 2 is 1.88 bits per heavy atom. The van der Waals surface area contributed by atoms with Crippen molar-refractivity contribution < 1.29 is 23.9 Å². The van der Waals surface area contributed by atoms with E-state index in [0.717, 1.165) is 10.5 Å². The van der Waals surface area contributed by atoms with Crippen molar-refractivity contribution in [3.63, 3.8) is 0 Å². The summed E-state index contributed by atoms with van der Waals surface area (Å²) in [6, 6.07) is 8.04. The minimum Gasteiger partial charge on any atom is -0.392 e. The number of aryl methyl sites for hydroxylation is 1. The molecule has 32 heavy (non-hydrogen) atoms. The highest BCUT2D eigenvalue weighted by atomic mass is 35.5. The number of fused-ring (bicyclic) bond motifs is 4. The maximum Gasteiger partial charge on any atom is 0.250 e. The van der Waals surface area contributed by atoms with Gasteiger partial charge in [0.25, 0.3) is 0 Å². The Balaban J connectivity index is 1.63. The second kappa shape index (κ2) is 7.10. The molecule has 2 saturated heterocycles. The Kier molecular flexibility index (Phi) is 4.67. The molecular weight excluding hydrogens is 437 g/mol. The van der Waals surface area contributed by atoms with Crippen LogP contribution in [0.5, 0.6) is 0 Å². The number of imide groups is 1. The molecule has 2 aromatic rings. The summed E-state index contributed by atoms with van der Waals surface area (Å²) in [4.78, 5) is 41.5. The Morgan fingerprint density at radius 1 is 1.19 bits per heavy atom. The van der Waals surface area contributed by atoms with Crippen LogP contribution in [0, 0.1) is 24.6 Å². The van der Waals surface area contributed by atoms with Crippen LogP contribution in [0.25, 0.3) is 0 Å². The summed E-state index contributed by atoms with van der Waals surface area (Å²) in [5.74, 6) is -3.84. The van der Waals surface area contributed by atoms with Crippen LogP contribution in [0.15, 0.2) is 36.4 Å². The molecule has 3 aliphatic rings. The summed E-state index contributed by atoms with van der Waals surface area (Å²) in [6.07, 6.45) is -0.999. The second-order valence-corrected chi connectivity index (χ2v) is 9.15. The highest BCUT2D eigenvalue weighted by molar-refractivity contribution is 6.31. The summed E-state index contributed by atoms with van der Waals surface area (Å²) in [5.41, 5.74) is 0.835. The van der Waals surface area contributed by atoms with Gasteiger partial charge in [0.1, 0.15) is 11.4 Å². The zero-order chi connectivity index (χ0) is 22.9. The lowest BCUT2D eigenvalue weighted by molar-refractivity contribution is -0.143. The van der Waals surface area contributed by atoms with Crippen molar-refractivity contribution in [3.05, 3.63) is 63.9 Å². The van der Waals surface area contributed by atoms with E-state index in [1.807, 2.05) is 0 Å². The highest BCUT2D eigenvalue weighted by Crippen LogP contribution is 2.54. The number of anilines is 1. The molecule has 2 aromatic carbocycles. The highest BCUT2D eigenvalue weighted by Gasteiger charge is 2.71.